The molecular formula is C48H84O6. The van der Waals surface area contributed by atoms with Crippen molar-refractivity contribution < 1.29 is 28.6 Å². The molecule has 0 amide bonds. The van der Waals surface area contributed by atoms with Crippen LogP contribution >= 0.6 is 0 Å². The summed E-state index contributed by atoms with van der Waals surface area (Å²) < 4.78 is 16.7. The molecular weight excluding hydrogens is 673 g/mol. The summed E-state index contributed by atoms with van der Waals surface area (Å²) in [6.45, 7) is 6.46. The zero-order chi connectivity index (χ0) is 39.4. The summed E-state index contributed by atoms with van der Waals surface area (Å²) in [5, 5.41) is 0. The third kappa shape index (κ3) is 40.6. The molecule has 1 atom stereocenters. The molecule has 54 heavy (non-hydrogen) atoms. The van der Waals surface area contributed by atoms with Crippen molar-refractivity contribution in [2.24, 2.45) is 0 Å². The van der Waals surface area contributed by atoms with Crippen LogP contribution in [0.4, 0.5) is 0 Å². The van der Waals surface area contributed by atoms with Crippen LogP contribution in [0.1, 0.15) is 220 Å². The lowest BCUT2D eigenvalue weighted by atomic mass is 10.1. The fourth-order valence-corrected chi connectivity index (χ4v) is 6.20. The van der Waals surface area contributed by atoms with Gasteiger partial charge in [-0.2, -0.15) is 0 Å². The van der Waals surface area contributed by atoms with Gasteiger partial charge in [-0.25, -0.2) is 0 Å². The van der Waals surface area contributed by atoms with E-state index in [2.05, 4.69) is 69.4 Å². The van der Waals surface area contributed by atoms with Crippen molar-refractivity contribution in [1.82, 2.24) is 0 Å². The Kier molecular flexibility index (Phi) is 41.0. The van der Waals surface area contributed by atoms with Gasteiger partial charge in [-0.1, -0.05) is 191 Å². The molecule has 0 fully saturated rings. The minimum atomic E-state index is -0.775. The van der Waals surface area contributed by atoms with Crippen LogP contribution < -0.4 is 0 Å². The Morgan fingerprint density at radius 3 is 1.13 bits per heavy atom. The highest BCUT2D eigenvalue weighted by Crippen LogP contribution is 2.14. The minimum absolute atomic E-state index is 0.0788. The van der Waals surface area contributed by atoms with Crippen LogP contribution in [0.25, 0.3) is 0 Å². The second-order valence-electron chi connectivity index (χ2n) is 14.9. The lowest BCUT2D eigenvalue weighted by Gasteiger charge is -2.18. The Bertz CT molecular complexity index is 964. The normalized spacial score (nSPS) is 12.4. The van der Waals surface area contributed by atoms with Crippen molar-refractivity contribution >= 4 is 17.9 Å². The maximum absolute atomic E-state index is 12.7. The predicted octanol–water partition coefficient (Wildman–Crippen LogP) is 14.4. The molecule has 0 N–H and O–H groups in total. The van der Waals surface area contributed by atoms with Gasteiger partial charge >= 0.3 is 17.9 Å². The molecule has 0 aromatic rings. The van der Waals surface area contributed by atoms with Gasteiger partial charge in [0.2, 0.25) is 0 Å². The fourth-order valence-electron chi connectivity index (χ4n) is 6.20. The number of ether oxygens (including phenoxy) is 3. The van der Waals surface area contributed by atoms with Crippen molar-refractivity contribution in [3.63, 3.8) is 0 Å². The van der Waals surface area contributed by atoms with Gasteiger partial charge in [0.15, 0.2) is 6.10 Å². The Balaban J connectivity index is 4.36. The minimum Gasteiger partial charge on any atom is -0.462 e. The molecule has 0 aliphatic heterocycles. The molecule has 0 rings (SSSR count). The van der Waals surface area contributed by atoms with E-state index in [0.29, 0.717) is 19.3 Å². The first kappa shape index (κ1) is 51.4. The summed E-state index contributed by atoms with van der Waals surface area (Å²) in [5.41, 5.74) is 0. The molecule has 312 valence electrons. The van der Waals surface area contributed by atoms with E-state index in [1.165, 1.54) is 83.5 Å². The molecule has 6 nitrogen and oxygen atoms in total. The first-order valence-corrected chi connectivity index (χ1v) is 22.6. The molecule has 0 aromatic carbocycles. The Morgan fingerprint density at radius 2 is 0.722 bits per heavy atom. The fraction of sp³-hybridized carbons (Fsp3) is 0.771. The summed E-state index contributed by atoms with van der Waals surface area (Å²) in [5.74, 6) is -0.908. The number of esters is 3. The van der Waals surface area contributed by atoms with Gasteiger partial charge < -0.3 is 14.2 Å². The smallest absolute Gasteiger partial charge is 0.306 e. The molecule has 0 saturated heterocycles. The monoisotopic (exact) mass is 757 g/mol. The van der Waals surface area contributed by atoms with Crippen LogP contribution in [0.3, 0.4) is 0 Å². The first-order valence-electron chi connectivity index (χ1n) is 22.6. The number of hydrogen-bond donors (Lipinski definition) is 0. The Labute approximate surface area is 333 Å². The highest BCUT2D eigenvalue weighted by molar-refractivity contribution is 5.71. The maximum Gasteiger partial charge on any atom is 0.306 e. The van der Waals surface area contributed by atoms with E-state index in [1.807, 2.05) is 0 Å². The van der Waals surface area contributed by atoms with Crippen molar-refractivity contribution in [3.05, 3.63) is 48.6 Å². The van der Waals surface area contributed by atoms with Crippen molar-refractivity contribution in [3.8, 4) is 0 Å². The zero-order valence-electron chi connectivity index (χ0n) is 35.5. The van der Waals surface area contributed by atoms with Gasteiger partial charge in [0.25, 0.3) is 0 Å². The summed E-state index contributed by atoms with van der Waals surface area (Å²) in [4.78, 5) is 37.6. The predicted molar refractivity (Wildman–Crippen MR) is 229 cm³/mol. The second kappa shape index (κ2) is 43.1. The Hall–Kier alpha value is -2.63. The summed E-state index contributed by atoms with van der Waals surface area (Å²) in [6.07, 6.45) is 49.5. The maximum atomic E-state index is 12.7. The van der Waals surface area contributed by atoms with Crippen LogP contribution in [0.15, 0.2) is 48.6 Å². The average Bonchev–Trinajstić information content (AvgIpc) is 3.17. The highest BCUT2D eigenvalue weighted by atomic mass is 16.6. The van der Waals surface area contributed by atoms with E-state index in [9.17, 15) is 14.4 Å². The van der Waals surface area contributed by atoms with Gasteiger partial charge in [-0.15, -0.1) is 0 Å². The summed E-state index contributed by atoms with van der Waals surface area (Å²) in [6, 6.07) is 0. The molecule has 0 saturated carbocycles. The van der Waals surface area contributed by atoms with E-state index in [-0.39, 0.29) is 31.1 Å². The van der Waals surface area contributed by atoms with Gasteiger partial charge in [0.05, 0.1) is 0 Å². The van der Waals surface area contributed by atoms with Gasteiger partial charge in [0.1, 0.15) is 13.2 Å². The van der Waals surface area contributed by atoms with E-state index in [1.54, 1.807) is 0 Å². The van der Waals surface area contributed by atoms with Crippen LogP contribution in [-0.4, -0.2) is 37.2 Å². The number of allylic oxidation sites excluding steroid dienone is 8. The molecule has 0 spiro atoms. The third-order valence-electron chi connectivity index (χ3n) is 9.60. The zero-order valence-corrected chi connectivity index (χ0v) is 35.5. The van der Waals surface area contributed by atoms with Gasteiger partial charge in [-0.05, 0) is 57.8 Å². The lowest BCUT2D eigenvalue weighted by molar-refractivity contribution is -0.167. The first-order chi connectivity index (χ1) is 26.5. The van der Waals surface area contributed by atoms with Gasteiger partial charge in [-0.3, -0.25) is 14.4 Å². The van der Waals surface area contributed by atoms with Crippen molar-refractivity contribution in [2.45, 2.75) is 226 Å². The number of carbonyl (C=O) groups excluding carboxylic acids is 3. The molecule has 0 aliphatic carbocycles. The van der Waals surface area contributed by atoms with Gasteiger partial charge in [0, 0.05) is 19.3 Å². The van der Waals surface area contributed by atoms with E-state index in [4.69, 9.17) is 14.2 Å². The molecule has 0 bridgehead atoms. The number of unbranched alkanes of at least 4 members (excludes halogenated alkanes) is 21. The van der Waals surface area contributed by atoms with Crippen molar-refractivity contribution in [1.29, 1.82) is 0 Å². The van der Waals surface area contributed by atoms with Crippen LogP contribution in [0, 0.1) is 0 Å². The topological polar surface area (TPSA) is 78.9 Å². The molecule has 0 aromatic heterocycles. The van der Waals surface area contributed by atoms with Crippen LogP contribution in [-0.2, 0) is 28.6 Å². The van der Waals surface area contributed by atoms with E-state index >= 15 is 0 Å². The van der Waals surface area contributed by atoms with Crippen molar-refractivity contribution in [2.75, 3.05) is 13.2 Å². The number of carbonyl (C=O) groups is 3. The largest absolute Gasteiger partial charge is 0.462 e. The summed E-state index contributed by atoms with van der Waals surface area (Å²) >= 11 is 0. The van der Waals surface area contributed by atoms with E-state index < -0.39 is 6.10 Å². The average molecular weight is 757 g/mol. The number of hydrogen-bond acceptors (Lipinski definition) is 6. The lowest BCUT2D eigenvalue weighted by Crippen LogP contribution is -2.30. The van der Waals surface area contributed by atoms with E-state index in [0.717, 1.165) is 96.3 Å². The molecule has 0 heterocycles. The molecule has 0 radical (unpaired) electrons. The van der Waals surface area contributed by atoms with Crippen LogP contribution in [0.5, 0.6) is 0 Å². The van der Waals surface area contributed by atoms with Crippen LogP contribution in [0.2, 0.25) is 0 Å². The second-order valence-corrected chi connectivity index (χ2v) is 14.9. The number of rotatable bonds is 40. The SMILES string of the molecule is CC/C=C\C/C=C\C/C=C\C/C=C\CCCCCCC(=O)OCC(COC(=O)CCCCCCCCCCC)OC(=O)CCCCCCCCCCCC. The summed E-state index contributed by atoms with van der Waals surface area (Å²) in [7, 11) is 0. The quantitative estimate of drug-likeness (QED) is 0.0268. The molecule has 6 heteroatoms. The molecule has 0 aliphatic rings. The highest BCUT2D eigenvalue weighted by Gasteiger charge is 2.19. The third-order valence-corrected chi connectivity index (χ3v) is 9.60. The standard InChI is InChI=1S/C48H84O6/c1-4-7-10-13-16-19-21-22-23-24-25-26-27-30-32-35-38-41-47(50)53-44-45(43-52-46(49)40-37-34-31-28-18-15-12-9-6-3)54-48(51)42-39-36-33-29-20-17-14-11-8-5-2/h7,10,16,19,22-23,25-26,45H,4-6,8-9,11-15,17-18,20-21,24,27-44H2,1-3H3/b10-7-,19-16-,23-22-,26-25-. The Morgan fingerprint density at radius 1 is 0.389 bits per heavy atom. The molecule has 1 unspecified atom stereocenters.